The Morgan fingerprint density at radius 3 is 2.29 bits per heavy atom. The Kier molecular flexibility index (Phi) is 4.37. The zero-order valence-corrected chi connectivity index (χ0v) is 8.16. The van der Waals surface area contributed by atoms with Crippen LogP contribution in [0.3, 0.4) is 0 Å². The maximum atomic E-state index is 9.88. The summed E-state index contributed by atoms with van der Waals surface area (Å²) in [5.41, 5.74) is 0.625. The number of carbonyl (C=O) groups is 2. The van der Waals surface area contributed by atoms with Gasteiger partial charge < -0.3 is 4.98 Å². The van der Waals surface area contributed by atoms with Crippen molar-refractivity contribution in [3.63, 3.8) is 0 Å². The molecule has 0 unspecified atom stereocenters. The predicted octanol–water partition coefficient (Wildman–Crippen LogP) is 2.39. The topological polar surface area (TPSA) is 49.9 Å². The van der Waals surface area contributed by atoms with Gasteiger partial charge in [0.05, 0.1) is 10.6 Å². The summed E-state index contributed by atoms with van der Waals surface area (Å²) in [7, 11) is 0. The summed E-state index contributed by atoms with van der Waals surface area (Å²) in [6.07, 6.45) is 3.34. The molecule has 3 nitrogen and oxygen atoms in total. The minimum Gasteiger partial charge on any atom is -0.359 e. The van der Waals surface area contributed by atoms with E-state index in [-0.39, 0.29) is 0 Å². The fourth-order valence-electron chi connectivity index (χ4n) is 0.776. The average molecular weight is 207 g/mol. The highest BCUT2D eigenvalue weighted by atomic mass is 32.1. The van der Waals surface area contributed by atoms with E-state index in [0.717, 1.165) is 17.4 Å². The number of aromatic amines is 1. The fourth-order valence-corrected chi connectivity index (χ4v) is 1.30. The molecule has 2 aromatic heterocycles. The average Bonchev–Trinajstić information content (AvgIpc) is 2.92. The molecule has 0 bridgehead atoms. The molecule has 2 heterocycles. The Morgan fingerprint density at radius 1 is 1.14 bits per heavy atom. The van der Waals surface area contributed by atoms with Gasteiger partial charge in [0.15, 0.2) is 12.6 Å². The molecular formula is C10H9NO2S. The molecule has 0 amide bonds. The highest BCUT2D eigenvalue weighted by molar-refractivity contribution is 7.11. The minimum absolute atomic E-state index is 0.625. The maximum absolute atomic E-state index is 9.88. The van der Waals surface area contributed by atoms with Crippen molar-refractivity contribution in [3.05, 3.63) is 46.4 Å². The van der Waals surface area contributed by atoms with Crippen molar-refractivity contribution in [1.29, 1.82) is 0 Å². The molecule has 0 aliphatic heterocycles. The van der Waals surface area contributed by atoms with Gasteiger partial charge >= 0.3 is 0 Å². The van der Waals surface area contributed by atoms with Crippen LogP contribution in [0.2, 0.25) is 0 Å². The first-order valence-electron chi connectivity index (χ1n) is 3.94. The van der Waals surface area contributed by atoms with Crippen LogP contribution in [-0.4, -0.2) is 17.6 Å². The van der Waals surface area contributed by atoms with E-state index in [0.29, 0.717) is 5.69 Å². The lowest BCUT2D eigenvalue weighted by Crippen LogP contribution is -1.72. The maximum Gasteiger partial charge on any atom is 0.166 e. The standard InChI is InChI=1S/C5H5NO.C5H4OS/c7-4-5-2-1-3-6-5;6-4-5-2-1-3-7-5/h1-4,6H;1-4H. The van der Waals surface area contributed by atoms with E-state index >= 15 is 0 Å². The van der Waals surface area contributed by atoms with Crippen molar-refractivity contribution in [2.45, 2.75) is 0 Å². The number of H-pyrrole nitrogens is 1. The van der Waals surface area contributed by atoms with Crippen molar-refractivity contribution in [2.75, 3.05) is 0 Å². The molecule has 0 fully saturated rings. The second-order valence-corrected chi connectivity index (χ2v) is 3.36. The number of aromatic nitrogens is 1. The number of rotatable bonds is 2. The summed E-state index contributed by atoms with van der Waals surface area (Å²) in [6.45, 7) is 0. The van der Waals surface area contributed by atoms with Crippen LogP contribution in [0.4, 0.5) is 0 Å². The van der Waals surface area contributed by atoms with Gasteiger partial charge in [-0.1, -0.05) is 6.07 Å². The van der Waals surface area contributed by atoms with Gasteiger partial charge in [0, 0.05) is 6.20 Å². The van der Waals surface area contributed by atoms with Crippen molar-refractivity contribution in [3.8, 4) is 0 Å². The van der Waals surface area contributed by atoms with Crippen LogP contribution < -0.4 is 0 Å². The Morgan fingerprint density at radius 2 is 2.00 bits per heavy atom. The molecule has 0 saturated heterocycles. The molecule has 1 N–H and O–H groups in total. The van der Waals surface area contributed by atoms with Crippen LogP contribution >= 0.6 is 11.3 Å². The first-order chi connectivity index (χ1) is 6.86. The van der Waals surface area contributed by atoms with Crippen molar-refractivity contribution >= 4 is 23.9 Å². The van der Waals surface area contributed by atoms with Crippen LogP contribution in [0.5, 0.6) is 0 Å². The van der Waals surface area contributed by atoms with E-state index in [2.05, 4.69) is 4.98 Å². The molecule has 0 radical (unpaired) electrons. The third-order valence-corrected chi connectivity index (χ3v) is 2.21. The normalized spacial score (nSPS) is 8.57. The summed E-state index contributed by atoms with van der Waals surface area (Å²) in [4.78, 5) is 23.2. The zero-order valence-electron chi connectivity index (χ0n) is 7.34. The smallest absolute Gasteiger partial charge is 0.166 e. The summed E-state index contributed by atoms with van der Waals surface area (Å²) >= 11 is 1.45. The van der Waals surface area contributed by atoms with E-state index in [1.54, 1.807) is 24.4 Å². The number of thiophene rings is 1. The van der Waals surface area contributed by atoms with Crippen molar-refractivity contribution in [2.24, 2.45) is 0 Å². The van der Waals surface area contributed by atoms with Crippen LogP contribution in [0.1, 0.15) is 20.2 Å². The minimum atomic E-state index is 0.625. The third-order valence-electron chi connectivity index (χ3n) is 1.41. The van der Waals surface area contributed by atoms with Gasteiger partial charge in [-0.3, -0.25) is 9.59 Å². The first-order valence-corrected chi connectivity index (χ1v) is 4.82. The predicted molar refractivity (Wildman–Crippen MR) is 55.9 cm³/mol. The van der Waals surface area contributed by atoms with Gasteiger partial charge in [-0.05, 0) is 23.6 Å². The van der Waals surface area contributed by atoms with Crippen LogP contribution in [0, 0.1) is 0 Å². The number of hydrogen-bond acceptors (Lipinski definition) is 3. The van der Waals surface area contributed by atoms with Crippen LogP contribution in [0.25, 0.3) is 0 Å². The summed E-state index contributed by atoms with van der Waals surface area (Å²) in [5, 5.41) is 1.88. The highest BCUT2D eigenvalue weighted by Gasteiger charge is 1.83. The van der Waals surface area contributed by atoms with Crippen LogP contribution in [0.15, 0.2) is 35.8 Å². The highest BCUT2D eigenvalue weighted by Crippen LogP contribution is 2.03. The van der Waals surface area contributed by atoms with Gasteiger partial charge in [0.2, 0.25) is 0 Å². The monoisotopic (exact) mass is 207 g/mol. The molecule has 14 heavy (non-hydrogen) atoms. The quantitative estimate of drug-likeness (QED) is 0.769. The molecule has 0 aromatic carbocycles. The Balaban J connectivity index is 0.000000140. The molecule has 0 aliphatic carbocycles. The van der Waals surface area contributed by atoms with Crippen LogP contribution in [-0.2, 0) is 0 Å². The van der Waals surface area contributed by atoms with Gasteiger partial charge in [-0.25, -0.2) is 0 Å². The van der Waals surface area contributed by atoms with E-state index in [4.69, 9.17) is 0 Å². The molecule has 2 rings (SSSR count). The van der Waals surface area contributed by atoms with Gasteiger partial charge in [-0.15, -0.1) is 11.3 Å². The molecule has 0 atom stereocenters. The Bertz CT molecular complexity index is 326. The first kappa shape index (κ1) is 10.4. The van der Waals surface area contributed by atoms with Gasteiger partial charge in [0.1, 0.15) is 0 Å². The summed E-state index contributed by atoms with van der Waals surface area (Å²) < 4.78 is 0. The van der Waals surface area contributed by atoms with Gasteiger partial charge in [-0.2, -0.15) is 0 Å². The largest absolute Gasteiger partial charge is 0.359 e. The molecule has 0 saturated carbocycles. The van der Waals surface area contributed by atoms with Crippen molar-refractivity contribution < 1.29 is 9.59 Å². The number of nitrogens with one attached hydrogen (secondary N) is 1. The molecule has 0 aliphatic rings. The molecule has 72 valence electrons. The second kappa shape index (κ2) is 5.88. The molecular weight excluding hydrogens is 198 g/mol. The van der Waals surface area contributed by atoms with Crippen molar-refractivity contribution in [1.82, 2.24) is 4.98 Å². The van der Waals surface area contributed by atoms with E-state index in [9.17, 15) is 9.59 Å². The summed E-state index contributed by atoms with van der Waals surface area (Å²) in [5.74, 6) is 0. The number of hydrogen-bond donors (Lipinski definition) is 1. The fraction of sp³-hybridized carbons (Fsp3) is 0. The second-order valence-electron chi connectivity index (χ2n) is 2.38. The lowest BCUT2D eigenvalue weighted by molar-refractivity contribution is 0.111. The molecule has 4 heteroatoms. The lowest BCUT2D eigenvalue weighted by atomic mass is 10.5. The third kappa shape index (κ3) is 3.37. The SMILES string of the molecule is O=Cc1ccc[nH]1.O=Cc1cccs1. The summed E-state index contributed by atoms with van der Waals surface area (Å²) in [6, 6.07) is 7.14. The zero-order chi connectivity index (χ0) is 10.2. The number of aldehydes is 2. The number of carbonyl (C=O) groups excluding carboxylic acids is 2. The lowest BCUT2D eigenvalue weighted by Gasteiger charge is -1.70. The van der Waals surface area contributed by atoms with E-state index < -0.39 is 0 Å². The molecule has 0 spiro atoms. The molecule has 2 aromatic rings. The van der Waals surface area contributed by atoms with E-state index in [1.807, 2.05) is 11.4 Å². The Labute approximate surface area is 85.4 Å². The Hall–Kier alpha value is -1.68. The van der Waals surface area contributed by atoms with E-state index in [1.165, 1.54) is 11.3 Å². The van der Waals surface area contributed by atoms with Gasteiger partial charge in [0.25, 0.3) is 0 Å².